The Balaban J connectivity index is 0.00000120. The van der Waals surface area contributed by atoms with E-state index >= 15 is 0 Å². The predicted molar refractivity (Wildman–Crippen MR) is 88.1 cm³/mol. The third-order valence-electron chi connectivity index (χ3n) is 3.67. The molecule has 7 heteroatoms. The number of likely N-dealkylation sites (tertiary alicyclic amines) is 1. The average Bonchev–Trinajstić information content (AvgIpc) is 2.92. The molecule has 1 fully saturated rings. The van der Waals surface area contributed by atoms with E-state index in [1.54, 1.807) is 0 Å². The third-order valence-corrected chi connectivity index (χ3v) is 3.67. The van der Waals surface area contributed by atoms with E-state index < -0.39 is 5.66 Å². The highest BCUT2D eigenvalue weighted by Gasteiger charge is 2.32. The van der Waals surface area contributed by atoms with Crippen LogP contribution in [0.4, 0.5) is 0 Å². The highest BCUT2D eigenvalue weighted by molar-refractivity contribution is 5.85. The average molecular weight is 322 g/mol. The van der Waals surface area contributed by atoms with E-state index in [1.165, 1.54) is 25.9 Å². The fourth-order valence-corrected chi connectivity index (χ4v) is 2.67. The van der Waals surface area contributed by atoms with E-state index in [0.29, 0.717) is 0 Å². The maximum Gasteiger partial charge on any atom is 0.107 e. The lowest BCUT2D eigenvalue weighted by Gasteiger charge is -2.28. The normalized spacial score (nSPS) is 27.2. The highest BCUT2D eigenvalue weighted by Crippen LogP contribution is 2.24. The zero-order valence-corrected chi connectivity index (χ0v) is 13.3. The summed E-state index contributed by atoms with van der Waals surface area (Å²) in [5, 5.41) is 2.00. The first-order chi connectivity index (χ1) is 8.25. The zero-order valence-electron chi connectivity index (χ0n) is 11.6. The van der Waals surface area contributed by atoms with Gasteiger partial charge in [-0.2, -0.15) is 0 Å². The number of hydrogen-bond acceptors (Lipinski definition) is 5. The van der Waals surface area contributed by atoms with Crippen LogP contribution >= 0.6 is 24.8 Å². The molecule has 0 aromatic heterocycles. The number of hydrazine groups is 1. The molecule has 3 heterocycles. The molecule has 0 amide bonds. The second kappa shape index (κ2) is 8.02. The number of fused-ring (bicyclic) bond motifs is 1. The van der Waals surface area contributed by atoms with Crippen LogP contribution < -0.4 is 17.3 Å². The van der Waals surface area contributed by atoms with Crippen LogP contribution in [-0.2, 0) is 0 Å². The fourth-order valence-electron chi connectivity index (χ4n) is 2.67. The van der Waals surface area contributed by atoms with Crippen LogP contribution in [0.5, 0.6) is 0 Å². The molecule has 3 aliphatic heterocycles. The Kier molecular flexibility index (Phi) is 7.80. The highest BCUT2D eigenvalue weighted by atomic mass is 35.5. The molecule has 116 valence electrons. The Morgan fingerprint density at radius 3 is 2.55 bits per heavy atom. The van der Waals surface area contributed by atoms with E-state index in [4.69, 9.17) is 5.73 Å². The molecular formula is C13H25Cl2N5. The standard InChI is InChI=1S/C13H20N4.2ClH.H3N/c14-13(6-10-16-7-3-4-8-16)11-12-5-1-2-9-17(12)15-13;;;/h1-2,5,9,11,15H,3-4,6-8,10,14H2;2*1H;1H3. The van der Waals surface area contributed by atoms with Gasteiger partial charge in [0.1, 0.15) is 5.66 Å². The van der Waals surface area contributed by atoms with E-state index in [1.807, 2.05) is 23.4 Å². The molecule has 0 aromatic carbocycles. The van der Waals surface area contributed by atoms with Crippen molar-refractivity contribution in [2.24, 2.45) is 5.73 Å². The SMILES string of the molecule is Cl.Cl.N.NC1(CCN2CCCC2)C=C2C=CC=CN2N1. The van der Waals surface area contributed by atoms with Crippen molar-refractivity contribution < 1.29 is 0 Å². The summed E-state index contributed by atoms with van der Waals surface area (Å²) in [7, 11) is 0. The van der Waals surface area contributed by atoms with Crippen molar-refractivity contribution in [1.82, 2.24) is 21.5 Å². The molecule has 0 bridgehead atoms. The van der Waals surface area contributed by atoms with Gasteiger partial charge in [-0.25, -0.2) is 5.43 Å². The van der Waals surface area contributed by atoms with Crippen molar-refractivity contribution in [2.45, 2.75) is 24.9 Å². The summed E-state index contributed by atoms with van der Waals surface area (Å²) >= 11 is 0. The molecule has 20 heavy (non-hydrogen) atoms. The van der Waals surface area contributed by atoms with E-state index in [2.05, 4.69) is 22.5 Å². The third kappa shape index (κ3) is 4.22. The van der Waals surface area contributed by atoms with Gasteiger partial charge in [-0.15, -0.1) is 24.8 Å². The Morgan fingerprint density at radius 1 is 1.20 bits per heavy atom. The summed E-state index contributed by atoms with van der Waals surface area (Å²) in [6.45, 7) is 3.54. The van der Waals surface area contributed by atoms with Gasteiger partial charge in [-0.05, 0) is 50.6 Å². The van der Waals surface area contributed by atoms with Crippen molar-refractivity contribution in [3.05, 3.63) is 36.2 Å². The summed E-state index contributed by atoms with van der Waals surface area (Å²) in [5.74, 6) is 0. The van der Waals surface area contributed by atoms with Gasteiger partial charge in [0.25, 0.3) is 0 Å². The molecule has 0 radical (unpaired) electrons. The summed E-state index contributed by atoms with van der Waals surface area (Å²) < 4.78 is 0. The lowest BCUT2D eigenvalue weighted by atomic mass is 10.1. The largest absolute Gasteiger partial charge is 0.344 e. The maximum atomic E-state index is 6.37. The van der Waals surface area contributed by atoms with Crippen LogP contribution in [0.2, 0.25) is 0 Å². The van der Waals surface area contributed by atoms with Crippen molar-refractivity contribution >= 4 is 24.8 Å². The molecular weight excluding hydrogens is 297 g/mol. The first-order valence-corrected chi connectivity index (χ1v) is 6.41. The smallest absolute Gasteiger partial charge is 0.107 e. The first kappa shape index (κ1) is 19.4. The number of allylic oxidation sites excluding steroid dienone is 3. The van der Waals surface area contributed by atoms with Gasteiger partial charge in [-0.3, -0.25) is 5.01 Å². The minimum atomic E-state index is -0.392. The summed E-state index contributed by atoms with van der Waals surface area (Å²) in [4.78, 5) is 2.50. The molecule has 6 N–H and O–H groups in total. The molecule has 0 saturated carbocycles. The number of halogens is 2. The van der Waals surface area contributed by atoms with Gasteiger partial charge < -0.3 is 16.8 Å². The van der Waals surface area contributed by atoms with Gasteiger partial charge in [0.05, 0.1) is 5.70 Å². The number of nitrogens with two attached hydrogens (primary N) is 1. The minimum absolute atomic E-state index is 0. The fraction of sp³-hybridized carbons (Fsp3) is 0.538. The van der Waals surface area contributed by atoms with Gasteiger partial charge in [0.15, 0.2) is 0 Å². The van der Waals surface area contributed by atoms with Crippen molar-refractivity contribution in [1.29, 1.82) is 0 Å². The first-order valence-electron chi connectivity index (χ1n) is 6.41. The van der Waals surface area contributed by atoms with E-state index in [-0.39, 0.29) is 31.0 Å². The molecule has 3 aliphatic rings. The predicted octanol–water partition coefficient (Wildman–Crippen LogP) is 1.92. The second-order valence-electron chi connectivity index (χ2n) is 5.09. The van der Waals surface area contributed by atoms with Gasteiger partial charge in [0, 0.05) is 12.7 Å². The summed E-state index contributed by atoms with van der Waals surface area (Å²) in [6, 6.07) is 0. The summed E-state index contributed by atoms with van der Waals surface area (Å²) in [6.07, 6.45) is 13.9. The molecule has 3 rings (SSSR count). The number of nitrogens with zero attached hydrogens (tertiary/aromatic N) is 2. The second-order valence-corrected chi connectivity index (χ2v) is 5.09. The quantitative estimate of drug-likeness (QED) is 0.740. The molecule has 1 unspecified atom stereocenters. The molecule has 1 atom stereocenters. The Bertz CT molecular complexity index is 390. The van der Waals surface area contributed by atoms with Crippen molar-refractivity contribution in [3.63, 3.8) is 0 Å². The Hall–Kier alpha value is -0.560. The lowest BCUT2D eigenvalue weighted by Crippen LogP contribution is -2.54. The Morgan fingerprint density at radius 2 is 1.90 bits per heavy atom. The van der Waals surface area contributed by atoms with Crippen LogP contribution in [0.3, 0.4) is 0 Å². The number of nitrogens with one attached hydrogen (secondary N) is 1. The van der Waals surface area contributed by atoms with Crippen LogP contribution in [0.1, 0.15) is 19.3 Å². The molecule has 1 saturated heterocycles. The van der Waals surface area contributed by atoms with Crippen LogP contribution in [-0.4, -0.2) is 35.2 Å². The molecule has 5 nitrogen and oxygen atoms in total. The van der Waals surface area contributed by atoms with Gasteiger partial charge >= 0.3 is 0 Å². The maximum absolute atomic E-state index is 6.37. The molecule has 0 aromatic rings. The number of rotatable bonds is 3. The van der Waals surface area contributed by atoms with Gasteiger partial charge in [0.2, 0.25) is 0 Å². The molecule has 0 aliphatic carbocycles. The minimum Gasteiger partial charge on any atom is -0.344 e. The summed E-state index contributed by atoms with van der Waals surface area (Å²) in [5.41, 5.74) is 10.5. The van der Waals surface area contributed by atoms with Crippen molar-refractivity contribution in [2.75, 3.05) is 19.6 Å². The van der Waals surface area contributed by atoms with Gasteiger partial charge in [-0.1, -0.05) is 6.08 Å². The molecule has 0 spiro atoms. The van der Waals surface area contributed by atoms with Crippen LogP contribution in [0, 0.1) is 0 Å². The topological polar surface area (TPSA) is 79.5 Å². The van der Waals surface area contributed by atoms with E-state index in [9.17, 15) is 0 Å². The van der Waals surface area contributed by atoms with Crippen molar-refractivity contribution in [3.8, 4) is 0 Å². The Labute approximate surface area is 133 Å². The monoisotopic (exact) mass is 321 g/mol. The number of hydrogen-bond donors (Lipinski definition) is 3. The van der Waals surface area contributed by atoms with E-state index in [0.717, 1.165) is 18.7 Å². The van der Waals surface area contributed by atoms with Crippen LogP contribution in [0.25, 0.3) is 0 Å². The lowest BCUT2D eigenvalue weighted by molar-refractivity contribution is 0.228. The zero-order chi connectivity index (χ0) is 11.7. The van der Waals surface area contributed by atoms with Crippen LogP contribution in [0.15, 0.2) is 36.2 Å².